The first-order chi connectivity index (χ1) is 10.1. The first kappa shape index (κ1) is 15.9. The molecule has 5 heteroatoms. The van der Waals surface area contributed by atoms with Crippen LogP contribution in [0.2, 0.25) is 0 Å². The maximum Gasteiger partial charge on any atom is 0.285 e. The number of amides is 1. The number of carbonyl (C=O) groups excluding carboxylic acids is 1. The molecule has 1 amide bonds. The lowest BCUT2D eigenvalue weighted by Crippen LogP contribution is -2.38. The predicted molar refractivity (Wildman–Crippen MR) is 78.3 cm³/mol. The molecule has 2 rings (SSSR count). The van der Waals surface area contributed by atoms with Gasteiger partial charge in [-0.1, -0.05) is 30.3 Å². The second-order valence-corrected chi connectivity index (χ2v) is 5.44. The summed E-state index contributed by atoms with van der Waals surface area (Å²) in [7, 11) is 0. The van der Waals surface area contributed by atoms with E-state index in [9.17, 15) is 13.6 Å². The topological polar surface area (TPSA) is 32.3 Å². The number of alkyl halides is 2. The van der Waals surface area contributed by atoms with Crippen LogP contribution in [0.15, 0.2) is 30.3 Å². The third-order valence-corrected chi connectivity index (χ3v) is 3.77. The van der Waals surface area contributed by atoms with Crippen molar-refractivity contribution >= 4 is 5.91 Å². The molecule has 1 N–H and O–H groups in total. The smallest absolute Gasteiger partial charge is 0.285 e. The van der Waals surface area contributed by atoms with Crippen LogP contribution in [0.25, 0.3) is 0 Å². The van der Waals surface area contributed by atoms with Gasteiger partial charge in [-0.2, -0.15) is 8.78 Å². The number of benzene rings is 1. The van der Waals surface area contributed by atoms with Crippen molar-refractivity contribution in [2.75, 3.05) is 26.2 Å². The molecule has 0 bridgehead atoms. The Morgan fingerprint density at radius 2 is 1.81 bits per heavy atom. The fraction of sp³-hybridized carbons (Fsp3) is 0.562. The summed E-state index contributed by atoms with van der Waals surface area (Å²) in [5.41, 5.74) is -0.000132. The van der Waals surface area contributed by atoms with Crippen molar-refractivity contribution < 1.29 is 13.6 Å². The zero-order chi connectivity index (χ0) is 15.1. The lowest BCUT2D eigenvalue weighted by atomic mass is 10.1. The highest BCUT2D eigenvalue weighted by molar-refractivity contribution is 5.76. The van der Waals surface area contributed by atoms with Gasteiger partial charge >= 0.3 is 0 Å². The van der Waals surface area contributed by atoms with E-state index in [4.69, 9.17) is 0 Å². The summed E-state index contributed by atoms with van der Waals surface area (Å²) >= 11 is 0. The summed E-state index contributed by atoms with van der Waals surface area (Å²) in [4.78, 5) is 13.7. The molecular formula is C16H22F2N2O. The molecule has 3 nitrogen and oxygen atoms in total. The zero-order valence-electron chi connectivity index (χ0n) is 12.2. The monoisotopic (exact) mass is 296 g/mol. The SMILES string of the molecule is O=C(CCNCC(F)(F)c1ccccc1)N1CCCCC1. The number of nitrogens with one attached hydrogen (secondary N) is 1. The van der Waals surface area contributed by atoms with Crippen LogP contribution in [0.3, 0.4) is 0 Å². The van der Waals surface area contributed by atoms with Crippen molar-refractivity contribution in [1.82, 2.24) is 10.2 Å². The van der Waals surface area contributed by atoms with E-state index >= 15 is 0 Å². The van der Waals surface area contributed by atoms with E-state index < -0.39 is 12.5 Å². The molecule has 1 aromatic rings. The fourth-order valence-corrected chi connectivity index (χ4v) is 2.53. The molecule has 0 unspecified atom stereocenters. The van der Waals surface area contributed by atoms with Crippen LogP contribution in [-0.2, 0) is 10.7 Å². The van der Waals surface area contributed by atoms with Crippen LogP contribution in [0.5, 0.6) is 0 Å². The van der Waals surface area contributed by atoms with Crippen LogP contribution in [-0.4, -0.2) is 37.0 Å². The molecule has 0 spiro atoms. The molecule has 0 saturated carbocycles. The molecule has 1 fully saturated rings. The number of carbonyl (C=O) groups is 1. The molecule has 0 aliphatic carbocycles. The third-order valence-electron chi connectivity index (χ3n) is 3.77. The Morgan fingerprint density at radius 1 is 1.14 bits per heavy atom. The highest BCUT2D eigenvalue weighted by atomic mass is 19.3. The molecule has 1 aliphatic rings. The van der Waals surface area contributed by atoms with Gasteiger partial charge in [0.1, 0.15) is 0 Å². The van der Waals surface area contributed by atoms with Gasteiger partial charge in [-0.15, -0.1) is 0 Å². The summed E-state index contributed by atoms with van der Waals surface area (Å²) in [5.74, 6) is -2.85. The fourth-order valence-electron chi connectivity index (χ4n) is 2.53. The highest BCUT2D eigenvalue weighted by Gasteiger charge is 2.30. The molecule has 1 saturated heterocycles. The van der Waals surface area contributed by atoms with Gasteiger partial charge in [0.25, 0.3) is 5.92 Å². The van der Waals surface area contributed by atoms with Crippen LogP contribution in [0, 0.1) is 0 Å². The van der Waals surface area contributed by atoms with Gasteiger partial charge < -0.3 is 10.2 Å². The molecule has 1 aliphatic heterocycles. The second kappa shape index (κ2) is 7.50. The molecular weight excluding hydrogens is 274 g/mol. The predicted octanol–water partition coefficient (Wildman–Crippen LogP) is 2.77. The van der Waals surface area contributed by atoms with Crippen LogP contribution < -0.4 is 5.32 Å². The van der Waals surface area contributed by atoms with Crippen molar-refractivity contribution in [3.63, 3.8) is 0 Å². The van der Waals surface area contributed by atoms with Crippen LogP contribution >= 0.6 is 0 Å². The number of nitrogens with zero attached hydrogens (tertiary/aromatic N) is 1. The van der Waals surface area contributed by atoms with Gasteiger partial charge in [0.05, 0.1) is 6.54 Å². The number of halogens is 2. The quantitative estimate of drug-likeness (QED) is 0.819. The molecule has 116 valence electrons. The normalized spacial score (nSPS) is 16.0. The van der Waals surface area contributed by atoms with E-state index in [1.54, 1.807) is 18.2 Å². The van der Waals surface area contributed by atoms with E-state index in [0.29, 0.717) is 0 Å². The minimum absolute atomic E-state index is 0.000132. The van der Waals surface area contributed by atoms with Crippen LogP contribution in [0.1, 0.15) is 31.2 Å². The van der Waals surface area contributed by atoms with Crippen molar-refractivity contribution in [1.29, 1.82) is 0 Å². The minimum Gasteiger partial charge on any atom is -0.343 e. The number of hydrogen-bond donors (Lipinski definition) is 1. The van der Waals surface area contributed by atoms with Gasteiger partial charge in [0, 0.05) is 31.6 Å². The zero-order valence-corrected chi connectivity index (χ0v) is 12.2. The summed E-state index contributed by atoms with van der Waals surface area (Å²) in [6.45, 7) is 1.46. The van der Waals surface area contributed by atoms with Crippen molar-refractivity contribution in [2.24, 2.45) is 0 Å². The standard InChI is InChI=1S/C16H22F2N2O/c17-16(18,14-7-3-1-4-8-14)13-19-10-9-15(21)20-11-5-2-6-12-20/h1,3-4,7-8,19H,2,5-6,9-13H2. The highest BCUT2D eigenvalue weighted by Crippen LogP contribution is 2.26. The number of likely N-dealkylation sites (tertiary alicyclic amines) is 1. The van der Waals surface area contributed by atoms with E-state index in [1.165, 1.54) is 18.6 Å². The summed E-state index contributed by atoms with van der Waals surface area (Å²) in [5, 5.41) is 2.70. The summed E-state index contributed by atoms with van der Waals surface area (Å²) in [6.07, 6.45) is 3.55. The Hall–Kier alpha value is -1.49. The molecule has 1 heterocycles. The summed E-state index contributed by atoms with van der Waals surface area (Å²) in [6, 6.07) is 7.75. The van der Waals surface area contributed by atoms with Crippen molar-refractivity contribution in [2.45, 2.75) is 31.6 Å². The number of hydrogen-bond acceptors (Lipinski definition) is 2. The van der Waals surface area contributed by atoms with Crippen molar-refractivity contribution in [3.05, 3.63) is 35.9 Å². The first-order valence-electron chi connectivity index (χ1n) is 7.51. The van der Waals surface area contributed by atoms with Gasteiger partial charge in [-0.05, 0) is 19.3 Å². The average molecular weight is 296 g/mol. The second-order valence-electron chi connectivity index (χ2n) is 5.44. The number of piperidine rings is 1. The lowest BCUT2D eigenvalue weighted by molar-refractivity contribution is -0.132. The van der Waals surface area contributed by atoms with E-state index in [-0.39, 0.29) is 24.4 Å². The van der Waals surface area contributed by atoms with E-state index in [1.807, 2.05) is 4.90 Å². The Bertz CT molecular complexity index is 445. The molecule has 21 heavy (non-hydrogen) atoms. The average Bonchev–Trinajstić information content (AvgIpc) is 2.53. The Balaban J connectivity index is 1.70. The summed E-state index contributed by atoms with van der Waals surface area (Å²) < 4.78 is 27.8. The lowest BCUT2D eigenvalue weighted by Gasteiger charge is -2.27. The van der Waals surface area contributed by atoms with Gasteiger partial charge in [-0.25, -0.2) is 0 Å². The van der Waals surface area contributed by atoms with E-state index in [2.05, 4.69) is 5.32 Å². The maximum absolute atomic E-state index is 13.9. The van der Waals surface area contributed by atoms with Crippen molar-refractivity contribution in [3.8, 4) is 0 Å². The molecule has 1 aromatic carbocycles. The maximum atomic E-state index is 13.9. The molecule has 0 aromatic heterocycles. The Kier molecular flexibility index (Phi) is 5.67. The number of rotatable bonds is 6. The van der Waals surface area contributed by atoms with Gasteiger partial charge in [-0.3, -0.25) is 4.79 Å². The minimum atomic E-state index is -2.91. The van der Waals surface area contributed by atoms with Gasteiger partial charge in [0.2, 0.25) is 5.91 Å². The van der Waals surface area contributed by atoms with Crippen LogP contribution in [0.4, 0.5) is 8.78 Å². The first-order valence-corrected chi connectivity index (χ1v) is 7.51. The third kappa shape index (κ3) is 4.77. The van der Waals surface area contributed by atoms with E-state index in [0.717, 1.165) is 25.9 Å². The molecule has 0 atom stereocenters. The van der Waals surface area contributed by atoms with Gasteiger partial charge in [0.15, 0.2) is 0 Å². The Morgan fingerprint density at radius 3 is 2.48 bits per heavy atom. The molecule has 0 radical (unpaired) electrons. The largest absolute Gasteiger partial charge is 0.343 e. The Labute approximate surface area is 124 Å².